The van der Waals surface area contributed by atoms with E-state index in [1.54, 1.807) is 29.2 Å². The Hall–Kier alpha value is -2.02. The van der Waals surface area contributed by atoms with Crippen LogP contribution in [0.25, 0.3) is 0 Å². The third-order valence-electron chi connectivity index (χ3n) is 5.10. The molecule has 0 aliphatic carbocycles. The van der Waals surface area contributed by atoms with E-state index in [0.29, 0.717) is 19.5 Å². The first-order valence-corrected chi connectivity index (χ1v) is 13.1. The first kappa shape index (κ1) is 22.7. The predicted molar refractivity (Wildman–Crippen MR) is 111 cm³/mol. The van der Waals surface area contributed by atoms with Gasteiger partial charge in [-0.1, -0.05) is 30.3 Å². The number of carbonyl (C=O) groups is 2. The Balaban J connectivity index is 1.40. The standard InChI is InChI=1S/C18H26N4O6S2/c23-17(20-18(24)19-16-6-11-29(25,26)14-16)12-21-7-9-22(10-8-21)30(27,28)13-15-4-2-1-3-5-15/h1-5,16H,6-14H2,(H2,19,20,23,24). The third kappa shape index (κ3) is 6.49. The zero-order chi connectivity index (χ0) is 21.8. The lowest BCUT2D eigenvalue weighted by Gasteiger charge is -2.33. The summed E-state index contributed by atoms with van der Waals surface area (Å²) in [5.74, 6) is -0.670. The molecule has 1 aromatic carbocycles. The van der Waals surface area contributed by atoms with Gasteiger partial charge in [0.1, 0.15) is 0 Å². The summed E-state index contributed by atoms with van der Waals surface area (Å²) in [5, 5.41) is 4.69. The molecule has 1 unspecified atom stereocenters. The van der Waals surface area contributed by atoms with Crippen LogP contribution in [-0.4, -0.2) is 88.3 Å². The second kappa shape index (κ2) is 9.41. The highest BCUT2D eigenvalue weighted by atomic mass is 32.2. The van der Waals surface area contributed by atoms with Gasteiger partial charge in [-0.15, -0.1) is 0 Å². The van der Waals surface area contributed by atoms with Gasteiger partial charge in [0.2, 0.25) is 15.9 Å². The molecule has 10 nitrogen and oxygen atoms in total. The van der Waals surface area contributed by atoms with Gasteiger partial charge in [-0.2, -0.15) is 4.31 Å². The number of amides is 3. The molecule has 2 fully saturated rings. The molecule has 1 atom stereocenters. The number of hydrogen-bond donors (Lipinski definition) is 2. The van der Waals surface area contributed by atoms with E-state index < -0.39 is 37.8 Å². The Morgan fingerprint density at radius 2 is 1.73 bits per heavy atom. The molecule has 2 aliphatic rings. The van der Waals surface area contributed by atoms with Gasteiger partial charge in [-0.25, -0.2) is 21.6 Å². The summed E-state index contributed by atoms with van der Waals surface area (Å²) >= 11 is 0. The van der Waals surface area contributed by atoms with Gasteiger partial charge in [0.15, 0.2) is 9.84 Å². The Morgan fingerprint density at radius 1 is 1.07 bits per heavy atom. The minimum atomic E-state index is -3.44. The minimum absolute atomic E-state index is 0.0311. The Labute approximate surface area is 176 Å². The van der Waals surface area contributed by atoms with E-state index in [1.165, 1.54) is 4.31 Å². The van der Waals surface area contributed by atoms with Crippen LogP contribution >= 0.6 is 0 Å². The lowest BCUT2D eigenvalue weighted by molar-refractivity contribution is -0.121. The van der Waals surface area contributed by atoms with Crippen molar-refractivity contribution >= 4 is 31.8 Å². The highest BCUT2D eigenvalue weighted by Crippen LogP contribution is 2.14. The van der Waals surface area contributed by atoms with Crippen LogP contribution in [0, 0.1) is 0 Å². The molecule has 3 rings (SSSR count). The number of rotatable bonds is 6. The monoisotopic (exact) mass is 458 g/mol. The van der Waals surface area contributed by atoms with Crippen molar-refractivity contribution in [3.8, 4) is 0 Å². The van der Waals surface area contributed by atoms with Crippen LogP contribution in [0.5, 0.6) is 0 Å². The maximum absolute atomic E-state index is 12.6. The van der Waals surface area contributed by atoms with Crippen LogP contribution in [0.3, 0.4) is 0 Å². The van der Waals surface area contributed by atoms with Gasteiger partial charge in [0.05, 0.1) is 23.8 Å². The number of sulfone groups is 1. The number of nitrogens with one attached hydrogen (secondary N) is 2. The average molecular weight is 459 g/mol. The first-order valence-electron chi connectivity index (χ1n) is 9.68. The van der Waals surface area contributed by atoms with Gasteiger partial charge in [-0.3, -0.25) is 15.0 Å². The van der Waals surface area contributed by atoms with Crippen LogP contribution in [-0.2, 0) is 30.4 Å². The van der Waals surface area contributed by atoms with E-state index in [1.807, 2.05) is 6.07 Å². The maximum atomic E-state index is 12.6. The maximum Gasteiger partial charge on any atom is 0.321 e. The summed E-state index contributed by atoms with van der Waals surface area (Å²) < 4.78 is 49.4. The number of nitrogens with zero attached hydrogens (tertiary/aromatic N) is 2. The fourth-order valence-corrected chi connectivity index (χ4v) is 6.73. The second-order valence-electron chi connectivity index (χ2n) is 7.54. The number of imide groups is 1. The largest absolute Gasteiger partial charge is 0.334 e. The fraction of sp³-hybridized carbons (Fsp3) is 0.556. The molecule has 2 heterocycles. The van der Waals surface area contributed by atoms with Crippen LogP contribution in [0.2, 0.25) is 0 Å². The molecule has 2 N–H and O–H groups in total. The highest BCUT2D eigenvalue weighted by Gasteiger charge is 2.30. The van der Waals surface area contributed by atoms with Crippen molar-refractivity contribution in [2.45, 2.75) is 18.2 Å². The number of sulfonamides is 1. The molecule has 12 heteroatoms. The molecule has 2 saturated heterocycles. The summed E-state index contributed by atoms with van der Waals surface area (Å²) in [5.41, 5.74) is 0.723. The smallest absolute Gasteiger partial charge is 0.321 e. The van der Waals surface area contributed by atoms with E-state index in [9.17, 15) is 26.4 Å². The van der Waals surface area contributed by atoms with Gasteiger partial charge in [-0.05, 0) is 12.0 Å². The van der Waals surface area contributed by atoms with Crippen molar-refractivity contribution in [3.63, 3.8) is 0 Å². The molecule has 30 heavy (non-hydrogen) atoms. The summed E-state index contributed by atoms with van der Waals surface area (Å²) in [6.07, 6.45) is 0.337. The molecule has 0 saturated carbocycles. The van der Waals surface area contributed by atoms with E-state index >= 15 is 0 Å². The Kier molecular flexibility index (Phi) is 7.11. The Bertz CT molecular complexity index is 973. The van der Waals surface area contributed by atoms with Gasteiger partial charge in [0, 0.05) is 32.2 Å². The molecule has 0 spiro atoms. The number of carbonyl (C=O) groups excluding carboxylic acids is 2. The predicted octanol–water partition coefficient (Wildman–Crippen LogP) is -0.853. The minimum Gasteiger partial charge on any atom is -0.334 e. The molecule has 3 amide bonds. The van der Waals surface area contributed by atoms with Crippen molar-refractivity contribution < 1.29 is 26.4 Å². The zero-order valence-corrected chi connectivity index (χ0v) is 18.1. The average Bonchev–Trinajstić information content (AvgIpc) is 3.00. The van der Waals surface area contributed by atoms with Crippen LogP contribution in [0.4, 0.5) is 4.79 Å². The molecule has 1 aromatic rings. The van der Waals surface area contributed by atoms with Crippen LogP contribution in [0.1, 0.15) is 12.0 Å². The molecule has 166 valence electrons. The van der Waals surface area contributed by atoms with Gasteiger partial charge in [0.25, 0.3) is 0 Å². The summed E-state index contributed by atoms with van der Waals surface area (Å²) in [7, 11) is -6.56. The lowest BCUT2D eigenvalue weighted by Crippen LogP contribution is -2.53. The van der Waals surface area contributed by atoms with E-state index in [-0.39, 0.29) is 36.9 Å². The summed E-state index contributed by atoms with van der Waals surface area (Å²) in [4.78, 5) is 25.7. The topological polar surface area (TPSA) is 133 Å². The number of piperazine rings is 1. The number of hydrogen-bond acceptors (Lipinski definition) is 7. The first-order chi connectivity index (χ1) is 14.1. The Morgan fingerprint density at radius 3 is 2.33 bits per heavy atom. The SMILES string of the molecule is O=C(CN1CCN(S(=O)(=O)Cc2ccccc2)CC1)NC(=O)NC1CCS(=O)(=O)C1. The molecule has 2 aliphatic heterocycles. The number of benzene rings is 1. The molecular formula is C18H26N4O6S2. The van der Waals surface area contributed by atoms with Crippen LogP contribution < -0.4 is 10.6 Å². The van der Waals surface area contributed by atoms with Crippen molar-refractivity contribution in [3.05, 3.63) is 35.9 Å². The van der Waals surface area contributed by atoms with Crippen LogP contribution in [0.15, 0.2) is 30.3 Å². The zero-order valence-electron chi connectivity index (χ0n) is 16.5. The van der Waals surface area contributed by atoms with E-state index in [0.717, 1.165) is 5.56 Å². The molecule has 0 aromatic heterocycles. The molecule has 0 bridgehead atoms. The summed E-state index contributed by atoms with van der Waals surface area (Å²) in [6, 6.07) is 7.75. The molecular weight excluding hydrogens is 432 g/mol. The van der Waals surface area contributed by atoms with E-state index in [4.69, 9.17) is 0 Å². The molecule has 0 radical (unpaired) electrons. The van der Waals surface area contributed by atoms with Crippen molar-refractivity contribution in [2.24, 2.45) is 0 Å². The quantitative estimate of drug-likeness (QED) is 0.567. The lowest BCUT2D eigenvalue weighted by atomic mass is 10.2. The van der Waals surface area contributed by atoms with Crippen molar-refractivity contribution in [2.75, 3.05) is 44.2 Å². The fourth-order valence-electron chi connectivity index (χ4n) is 3.54. The van der Waals surface area contributed by atoms with Gasteiger partial charge < -0.3 is 5.32 Å². The van der Waals surface area contributed by atoms with Crippen molar-refractivity contribution in [1.82, 2.24) is 19.8 Å². The van der Waals surface area contributed by atoms with Gasteiger partial charge >= 0.3 is 6.03 Å². The summed E-state index contributed by atoms with van der Waals surface area (Å²) in [6.45, 7) is 1.26. The highest BCUT2D eigenvalue weighted by molar-refractivity contribution is 7.91. The second-order valence-corrected chi connectivity index (χ2v) is 11.7. The number of urea groups is 1. The van der Waals surface area contributed by atoms with E-state index in [2.05, 4.69) is 10.6 Å². The third-order valence-corrected chi connectivity index (χ3v) is 8.72. The van der Waals surface area contributed by atoms with Crippen molar-refractivity contribution in [1.29, 1.82) is 0 Å². The normalized spacial score (nSPS) is 22.5.